The van der Waals surface area contributed by atoms with Gasteiger partial charge < -0.3 is 4.74 Å². The van der Waals surface area contributed by atoms with Gasteiger partial charge in [0.05, 0.1) is 12.0 Å². The number of benzene rings is 2. The SMILES string of the molecule is CCc1cc(-c2sncc2-c2ccc(OC)cc2)cc(CC)c1CC. The smallest absolute Gasteiger partial charge is 0.118 e. The molecule has 0 atom stereocenters. The van der Waals surface area contributed by atoms with E-state index >= 15 is 0 Å². The van der Waals surface area contributed by atoms with Crippen molar-refractivity contribution < 1.29 is 4.74 Å². The van der Waals surface area contributed by atoms with Crippen LogP contribution in [0.15, 0.2) is 42.6 Å². The lowest BCUT2D eigenvalue weighted by Crippen LogP contribution is -1.98. The average Bonchev–Trinajstić information content (AvgIpc) is 3.16. The molecule has 2 nitrogen and oxygen atoms in total. The normalized spacial score (nSPS) is 10.9. The van der Waals surface area contributed by atoms with Gasteiger partial charge in [-0.15, -0.1) is 0 Å². The molecule has 0 radical (unpaired) electrons. The minimum atomic E-state index is 0.877. The van der Waals surface area contributed by atoms with E-state index in [1.165, 1.54) is 38.3 Å². The summed E-state index contributed by atoms with van der Waals surface area (Å²) in [6.07, 6.45) is 5.22. The number of aromatic nitrogens is 1. The van der Waals surface area contributed by atoms with E-state index in [2.05, 4.69) is 49.4 Å². The first-order chi connectivity index (χ1) is 12.2. The molecule has 2 aromatic carbocycles. The third kappa shape index (κ3) is 3.47. The summed E-state index contributed by atoms with van der Waals surface area (Å²) < 4.78 is 9.76. The number of nitrogens with zero attached hydrogens (tertiary/aromatic N) is 1. The van der Waals surface area contributed by atoms with Crippen molar-refractivity contribution in [2.24, 2.45) is 0 Å². The molecule has 3 aromatic rings. The molecule has 3 rings (SSSR count). The zero-order valence-electron chi connectivity index (χ0n) is 15.4. The van der Waals surface area contributed by atoms with Crippen LogP contribution in [0.5, 0.6) is 5.75 Å². The van der Waals surface area contributed by atoms with E-state index < -0.39 is 0 Å². The van der Waals surface area contributed by atoms with Gasteiger partial charge in [-0.25, -0.2) is 0 Å². The zero-order chi connectivity index (χ0) is 17.8. The summed E-state index contributed by atoms with van der Waals surface area (Å²) in [5, 5.41) is 0. The van der Waals surface area contributed by atoms with Crippen molar-refractivity contribution in [2.45, 2.75) is 40.0 Å². The Morgan fingerprint density at radius 2 is 1.52 bits per heavy atom. The minimum absolute atomic E-state index is 0.877. The third-order valence-corrected chi connectivity index (χ3v) is 5.63. The summed E-state index contributed by atoms with van der Waals surface area (Å²) in [7, 11) is 1.69. The Kier molecular flexibility index (Phi) is 5.54. The fourth-order valence-corrected chi connectivity index (χ4v) is 4.19. The van der Waals surface area contributed by atoms with Crippen LogP contribution in [-0.4, -0.2) is 11.5 Å². The van der Waals surface area contributed by atoms with Crippen LogP contribution in [0.1, 0.15) is 37.5 Å². The fraction of sp³-hybridized carbons (Fsp3) is 0.318. The van der Waals surface area contributed by atoms with E-state index in [4.69, 9.17) is 4.74 Å². The van der Waals surface area contributed by atoms with Crippen molar-refractivity contribution in [1.82, 2.24) is 4.37 Å². The molecule has 3 heteroatoms. The molecule has 0 saturated carbocycles. The van der Waals surface area contributed by atoms with Gasteiger partial charge >= 0.3 is 0 Å². The van der Waals surface area contributed by atoms with E-state index in [0.29, 0.717) is 0 Å². The van der Waals surface area contributed by atoms with Crippen molar-refractivity contribution in [3.8, 4) is 27.3 Å². The van der Waals surface area contributed by atoms with Gasteiger partial charge in [-0.05, 0) is 82.9 Å². The maximum atomic E-state index is 5.27. The lowest BCUT2D eigenvalue weighted by atomic mass is 9.91. The molecular formula is C22H25NOS. The standard InChI is InChI=1S/C22H25NOS/c1-5-15-12-18(13-16(6-2)20(15)7-3)22-21(14-23-25-22)17-8-10-19(24-4)11-9-17/h8-14H,5-7H2,1-4H3. The van der Waals surface area contributed by atoms with Crippen LogP contribution in [0.2, 0.25) is 0 Å². The summed E-state index contributed by atoms with van der Waals surface area (Å²) in [5.41, 5.74) is 8.11. The second-order valence-corrected chi connectivity index (χ2v) is 6.93. The van der Waals surface area contributed by atoms with Gasteiger partial charge in [0.2, 0.25) is 0 Å². The first-order valence-corrected chi connectivity index (χ1v) is 9.73. The van der Waals surface area contributed by atoms with E-state index in [1.54, 1.807) is 18.6 Å². The first-order valence-electron chi connectivity index (χ1n) is 8.95. The van der Waals surface area contributed by atoms with Crippen LogP contribution in [-0.2, 0) is 19.3 Å². The van der Waals surface area contributed by atoms with E-state index in [-0.39, 0.29) is 0 Å². The zero-order valence-corrected chi connectivity index (χ0v) is 16.2. The molecule has 130 valence electrons. The number of methoxy groups -OCH3 is 1. The Morgan fingerprint density at radius 3 is 2.04 bits per heavy atom. The second kappa shape index (κ2) is 7.83. The number of hydrogen-bond donors (Lipinski definition) is 0. The molecule has 25 heavy (non-hydrogen) atoms. The van der Waals surface area contributed by atoms with Gasteiger partial charge in [0.1, 0.15) is 5.75 Å². The number of hydrogen-bond acceptors (Lipinski definition) is 3. The number of rotatable bonds is 6. The van der Waals surface area contributed by atoms with Crippen LogP contribution >= 0.6 is 11.5 Å². The van der Waals surface area contributed by atoms with Crippen molar-refractivity contribution in [2.75, 3.05) is 7.11 Å². The van der Waals surface area contributed by atoms with Crippen molar-refractivity contribution in [1.29, 1.82) is 0 Å². The van der Waals surface area contributed by atoms with Crippen LogP contribution in [0.4, 0.5) is 0 Å². The number of aryl methyl sites for hydroxylation is 2. The summed E-state index contributed by atoms with van der Waals surface area (Å²) in [6.45, 7) is 6.74. The van der Waals surface area contributed by atoms with E-state index in [9.17, 15) is 0 Å². The topological polar surface area (TPSA) is 22.1 Å². The molecule has 0 bridgehead atoms. The highest BCUT2D eigenvalue weighted by molar-refractivity contribution is 7.10. The highest BCUT2D eigenvalue weighted by atomic mass is 32.1. The summed E-state index contributed by atoms with van der Waals surface area (Å²) >= 11 is 1.58. The molecule has 0 spiro atoms. The summed E-state index contributed by atoms with van der Waals surface area (Å²) in [6, 6.07) is 12.9. The maximum Gasteiger partial charge on any atom is 0.118 e. The Morgan fingerprint density at radius 1 is 0.880 bits per heavy atom. The monoisotopic (exact) mass is 351 g/mol. The lowest BCUT2D eigenvalue weighted by molar-refractivity contribution is 0.415. The molecule has 0 amide bonds. The molecule has 0 N–H and O–H groups in total. The highest BCUT2D eigenvalue weighted by Gasteiger charge is 2.14. The quantitative estimate of drug-likeness (QED) is 0.529. The predicted octanol–water partition coefficient (Wildman–Crippen LogP) is 6.17. The van der Waals surface area contributed by atoms with Crippen LogP contribution in [0, 0.1) is 0 Å². The molecule has 0 saturated heterocycles. The molecule has 0 aliphatic heterocycles. The average molecular weight is 352 g/mol. The fourth-order valence-electron chi connectivity index (χ4n) is 3.44. The van der Waals surface area contributed by atoms with Gasteiger partial charge in [0.25, 0.3) is 0 Å². The molecule has 0 unspecified atom stereocenters. The largest absolute Gasteiger partial charge is 0.497 e. The van der Waals surface area contributed by atoms with Gasteiger partial charge in [0, 0.05) is 11.8 Å². The van der Waals surface area contributed by atoms with Gasteiger partial charge in [-0.3, -0.25) is 0 Å². The van der Waals surface area contributed by atoms with Gasteiger partial charge in [0.15, 0.2) is 0 Å². The Balaban J connectivity index is 2.10. The molecule has 0 fully saturated rings. The van der Waals surface area contributed by atoms with E-state index in [1.807, 2.05) is 18.3 Å². The van der Waals surface area contributed by atoms with Crippen LogP contribution < -0.4 is 4.74 Å². The number of ether oxygens (including phenoxy) is 1. The Hall–Kier alpha value is -2.13. The minimum Gasteiger partial charge on any atom is -0.497 e. The van der Waals surface area contributed by atoms with Gasteiger partial charge in [-0.2, -0.15) is 4.37 Å². The van der Waals surface area contributed by atoms with Crippen LogP contribution in [0.3, 0.4) is 0 Å². The molecule has 1 aromatic heterocycles. The van der Waals surface area contributed by atoms with Gasteiger partial charge in [-0.1, -0.05) is 32.9 Å². The van der Waals surface area contributed by atoms with Crippen LogP contribution in [0.25, 0.3) is 21.6 Å². The maximum absolute atomic E-state index is 5.27. The van der Waals surface area contributed by atoms with Crippen molar-refractivity contribution in [3.05, 3.63) is 59.3 Å². The summed E-state index contributed by atoms with van der Waals surface area (Å²) in [5.74, 6) is 0.877. The molecular weight excluding hydrogens is 326 g/mol. The predicted molar refractivity (Wildman–Crippen MR) is 108 cm³/mol. The lowest BCUT2D eigenvalue weighted by Gasteiger charge is -2.15. The Labute approximate surface area is 154 Å². The second-order valence-electron chi connectivity index (χ2n) is 6.13. The van der Waals surface area contributed by atoms with Crippen molar-refractivity contribution in [3.63, 3.8) is 0 Å². The first kappa shape index (κ1) is 17.7. The molecule has 0 aliphatic rings. The Bertz CT molecular complexity index is 824. The summed E-state index contributed by atoms with van der Waals surface area (Å²) in [4.78, 5) is 1.25. The highest BCUT2D eigenvalue weighted by Crippen LogP contribution is 2.37. The van der Waals surface area contributed by atoms with Crippen molar-refractivity contribution >= 4 is 11.5 Å². The molecule has 1 heterocycles. The third-order valence-electron chi connectivity index (χ3n) is 4.78. The molecule has 0 aliphatic carbocycles. The van der Waals surface area contributed by atoms with E-state index in [0.717, 1.165) is 25.0 Å².